The van der Waals surface area contributed by atoms with Crippen molar-refractivity contribution < 1.29 is 13.6 Å². The summed E-state index contributed by atoms with van der Waals surface area (Å²) in [6.07, 6.45) is 0. The van der Waals surface area contributed by atoms with Crippen LogP contribution in [0.1, 0.15) is 10.4 Å². The summed E-state index contributed by atoms with van der Waals surface area (Å²) in [5, 5.41) is 5.99. The van der Waals surface area contributed by atoms with Crippen LogP contribution in [-0.2, 0) is 6.54 Å². The van der Waals surface area contributed by atoms with Gasteiger partial charge in [-0.05, 0) is 18.2 Å². The van der Waals surface area contributed by atoms with E-state index < -0.39 is 5.82 Å². The molecule has 0 spiro atoms. The zero-order chi connectivity index (χ0) is 15.6. The Balaban J connectivity index is 1.72. The first-order valence-electron chi connectivity index (χ1n) is 7.26. The van der Waals surface area contributed by atoms with Gasteiger partial charge in [0, 0.05) is 25.2 Å². The van der Waals surface area contributed by atoms with E-state index in [1.54, 1.807) is 0 Å². The topological polar surface area (TPSA) is 72.1 Å². The maximum atomic E-state index is 13.8. The van der Waals surface area contributed by atoms with E-state index >= 15 is 0 Å². The first-order chi connectivity index (χ1) is 11.2. The van der Waals surface area contributed by atoms with Crippen LogP contribution in [0.25, 0.3) is 22.2 Å². The van der Waals surface area contributed by atoms with Crippen molar-refractivity contribution >= 4 is 39.7 Å². The molecular formula is C16H11FN4O2. The Labute approximate surface area is 129 Å². The highest BCUT2D eigenvalue weighted by atomic mass is 19.1. The van der Waals surface area contributed by atoms with E-state index in [4.69, 9.17) is 4.42 Å². The Morgan fingerprint density at radius 1 is 1.30 bits per heavy atom. The van der Waals surface area contributed by atoms with Gasteiger partial charge in [-0.2, -0.15) is 0 Å². The summed E-state index contributed by atoms with van der Waals surface area (Å²) in [6.45, 7) is 1.01. The van der Waals surface area contributed by atoms with Gasteiger partial charge >= 0.3 is 0 Å². The Bertz CT molecular complexity index is 1070. The largest absolute Gasteiger partial charge is 0.455 e. The molecule has 0 saturated heterocycles. The summed E-state index contributed by atoms with van der Waals surface area (Å²) >= 11 is 0. The molecule has 2 N–H and O–H groups in total. The zero-order valence-corrected chi connectivity index (χ0v) is 11.9. The van der Waals surface area contributed by atoms with Gasteiger partial charge in [0.25, 0.3) is 5.91 Å². The molecule has 5 rings (SSSR count). The maximum Gasteiger partial charge on any atom is 0.253 e. The van der Waals surface area contributed by atoms with E-state index in [-0.39, 0.29) is 5.91 Å². The van der Waals surface area contributed by atoms with Crippen LogP contribution in [0.3, 0.4) is 0 Å². The minimum Gasteiger partial charge on any atom is -0.455 e. The second kappa shape index (κ2) is 4.22. The minimum absolute atomic E-state index is 0.282. The van der Waals surface area contributed by atoms with Crippen molar-refractivity contribution in [3.8, 4) is 0 Å². The molecule has 0 saturated carbocycles. The molecule has 7 heteroatoms. The van der Waals surface area contributed by atoms with Crippen molar-refractivity contribution in [3.63, 3.8) is 0 Å². The molecule has 0 fully saturated rings. The lowest BCUT2D eigenvalue weighted by Gasteiger charge is -2.08. The van der Waals surface area contributed by atoms with E-state index in [0.717, 1.165) is 16.9 Å². The van der Waals surface area contributed by atoms with Crippen LogP contribution in [0.5, 0.6) is 0 Å². The van der Waals surface area contributed by atoms with E-state index in [0.29, 0.717) is 35.6 Å². The fraction of sp³-hybridized carbons (Fsp3) is 0.125. The van der Waals surface area contributed by atoms with Gasteiger partial charge < -0.3 is 19.6 Å². The van der Waals surface area contributed by atoms with Crippen LogP contribution in [0.4, 0.5) is 16.0 Å². The summed E-state index contributed by atoms with van der Waals surface area (Å²) in [6, 6.07) is 8.22. The number of nitrogens with zero attached hydrogens (tertiary/aromatic N) is 2. The van der Waals surface area contributed by atoms with Crippen molar-refractivity contribution in [2.45, 2.75) is 6.54 Å². The number of nitrogens with one attached hydrogen (secondary N) is 2. The number of fused-ring (bicyclic) bond motifs is 2. The highest BCUT2D eigenvalue weighted by molar-refractivity contribution is 6.06. The molecule has 4 aromatic rings. The molecule has 6 nitrogen and oxygen atoms in total. The standard InChI is InChI=1S/C16H11FN4O2/c17-8-5-10-14-12(6-8)20-16(21(14)4-3-18-15(10)22)19-11-7-9-1-2-13(11)23-9/h1-2,5-7H,3-4H2,(H,18,22)(H,19,20). The van der Waals surface area contributed by atoms with Crippen LogP contribution in [0.2, 0.25) is 0 Å². The van der Waals surface area contributed by atoms with Crippen LogP contribution in [0, 0.1) is 5.82 Å². The molecule has 114 valence electrons. The summed E-state index contributed by atoms with van der Waals surface area (Å²) < 4.78 is 21.2. The lowest BCUT2D eigenvalue weighted by molar-refractivity contribution is 0.0956. The lowest BCUT2D eigenvalue weighted by Crippen LogP contribution is -2.24. The molecule has 1 aliphatic heterocycles. The summed E-state index contributed by atoms with van der Waals surface area (Å²) in [7, 11) is 0. The van der Waals surface area contributed by atoms with E-state index in [1.165, 1.54) is 12.1 Å². The number of benzene rings is 2. The average Bonchev–Trinajstić information content (AvgIpc) is 3.18. The van der Waals surface area contributed by atoms with Crippen LogP contribution >= 0.6 is 0 Å². The molecule has 1 aliphatic rings. The molecular weight excluding hydrogens is 299 g/mol. The summed E-state index contributed by atoms with van der Waals surface area (Å²) in [5.74, 6) is -0.196. The van der Waals surface area contributed by atoms with Gasteiger partial charge in [-0.1, -0.05) is 0 Å². The third-order valence-corrected chi connectivity index (χ3v) is 4.10. The molecule has 1 aromatic carbocycles. The number of hydrogen-bond donors (Lipinski definition) is 2. The second-order valence-electron chi connectivity index (χ2n) is 5.55. The number of carbonyl (C=O) groups excluding carboxylic acids is 1. The SMILES string of the molecule is O=C1NCCn2c(Nc3cc4ccc3o4)nc3cc(F)cc1c32. The van der Waals surface area contributed by atoms with Gasteiger partial charge in [0.2, 0.25) is 5.95 Å². The number of amides is 1. The normalized spacial score (nSPS) is 14.4. The van der Waals surface area contributed by atoms with Crippen LogP contribution in [0.15, 0.2) is 34.7 Å². The fourth-order valence-corrected chi connectivity index (χ4v) is 3.10. The zero-order valence-electron chi connectivity index (χ0n) is 11.9. The van der Waals surface area contributed by atoms with Crippen molar-refractivity contribution in [2.75, 3.05) is 11.9 Å². The van der Waals surface area contributed by atoms with Crippen LogP contribution < -0.4 is 10.6 Å². The van der Waals surface area contributed by atoms with Crippen molar-refractivity contribution in [1.29, 1.82) is 0 Å². The van der Waals surface area contributed by atoms with Crippen molar-refractivity contribution in [3.05, 3.63) is 41.7 Å². The highest BCUT2D eigenvalue weighted by Crippen LogP contribution is 2.32. The molecule has 2 bridgehead atoms. The molecule has 4 heterocycles. The Kier molecular flexibility index (Phi) is 2.29. The summed E-state index contributed by atoms with van der Waals surface area (Å²) in [5.41, 5.74) is 3.71. The minimum atomic E-state index is -0.476. The molecule has 0 atom stereocenters. The number of anilines is 2. The van der Waals surface area contributed by atoms with Gasteiger partial charge in [0.1, 0.15) is 11.4 Å². The van der Waals surface area contributed by atoms with Gasteiger partial charge in [-0.15, -0.1) is 0 Å². The van der Waals surface area contributed by atoms with Crippen molar-refractivity contribution in [2.24, 2.45) is 0 Å². The van der Waals surface area contributed by atoms with E-state index in [1.807, 2.05) is 22.8 Å². The Morgan fingerprint density at radius 3 is 3.00 bits per heavy atom. The van der Waals surface area contributed by atoms with Gasteiger partial charge in [-0.3, -0.25) is 4.79 Å². The monoisotopic (exact) mass is 310 g/mol. The molecule has 0 radical (unpaired) electrons. The van der Waals surface area contributed by atoms with Crippen molar-refractivity contribution in [1.82, 2.24) is 14.9 Å². The number of rotatable bonds is 2. The van der Waals surface area contributed by atoms with Gasteiger partial charge in [0.15, 0.2) is 5.58 Å². The number of carbonyl (C=O) groups is 1. The van der Waals surface area contributed by atoms with Crippen LogP contribution in [-0.4, -0.2) is 22.0 Å². The first-order valence-corrected chi connectivity index (χ1v) is 7.26. The van der Waals surface area contributed by atoms with E-state index in [2.05, 4.69) is 15.6 Å². The average molecular weight is 310 g/mol. The third-order valence-electron chi connectivity index (χ3n) is 4.10. The number of halogens is 1. The number of hydrogen-bond acceptors (Lipinski definition) is 4. The molecule has 23 heavy (non-hydrogen) atoms. The number of imidazole rings is 1. The molecule has 0 aliphatic carbocycles. The fourth-order valence-electron chi connectivity index (χ4n) is 3.10. The predicted octanol–water partition coefficient (Wildman–Crippen LogP) is 2.85. The van der Waals surface area contributed by atoms with E-state index in [9.17, 15) is 9.18 Å². The Hall–Kier alpha value is -3.09. The first kappa shape index (κ1) is 12.5. The number of furan rings is 2. The predicted molar refractivity (Wildman–Crippen MR) is 82.7 cm³/mol. The second-order valence-corrected chi connectivity index (χ2v) is 5.55. The highest BCUT2D eigenvalue weighted by Gasteiger charge is 2.23. The smallest absolute Gasteiger partial charge is 0.253 e. The molecule has 0 unspecified atom stereocenters. The molecule has 1 amide bonds. The number of aromatic nitrogens is 2. The lowest BCUT2D eigenvalue weighted by atomic mass is 10.1. The van der Waals surface area contributed by atoms with Gasteiger partial charge in [-0.25, -0.2) is 9.37 Å². The van der Waals surface area contributed by atoms with Gasteiger partial charge in [0.05, 0.1) is 22.3 Å². The quantitative estimate of drug-likeness (QED) is 0.597. The summed E-state index contributed by atoms with van der Waals surface area (Å²) in [4.78, 5) is 16.6. The third kappa shape index (κ3) is 1.73. The molecule has 3 aromatic heterocycles. The Morgan fingerprint density at radius 2 is 2.22 bits per heavy atom. The maximum absolute atomic E-state index is 13.8.